The monoisotopic (exact) mass is 507 g/mol. The SMILES string of the molecule is CCN(CC)Cc1ccc2nc(NC(=O)c3ccc(F)cc3)n(C3CCC(C(=O)NC(C)C)CC3)c2c1. The van der Waals surface area contributed by atoms with Gasteiger partial charge in [0.15, 0.2) is 0 Å². The van der Waals surface area contributed by atoms with Gasteiger partial charge in [-0.05, 0) is 94.6 Å². The molecule has 4 rings (SSSR count). The van der Waals surface area contributed by atoms with Crippen LogP contribution in [0, 0.1) is 11.7 Å². The zero-order valence-corrected chi connectivity index (χ0v) is 22.3. The number of amides is 2. The Morgan fingerprint density at radius 1 is 1.05 bits per heavy atom. The fraction of sp³-hybridized carbons (Fsp3) is 0.483. The summed E-state index contributed by atoms with van der Waals surface area (Å²) in [5, 5.41) is 6.02. The molecule has 0 aliphatic heterocycles. The predicted octanol–water partition coefficient (Wildman–Crippen LogP) is 5.53. The largest absolute Gasteiger partial charge is 0.354 e. The minimum atomic E-state index is -0.386. The average molecular weight is 508 g/mol. The second-order valence-electron chi connectivity index (χ2n) is 10.2. The first-order valence-corrected chi connectivity index (χ1v) is 13.4. The van der Waals surface area contributed by atoms with Crippen LogP contribution >= 0.6 is 0 Å². The normalized spacial score (nSPS) is 17.9. The molecular formula is C29H38FN5O2. The summed E-state index contributed by atoms with van der Waals surface area (Å²) < 4.78 is 15.5. The van der Waals surface area contributed by atoms with Crippen molar-refractivity contribution in [2.75, 3.05) is 18.4 Å². The Bertz CT molecular complexity index is 1230. The van der Waals surface area contributed by atoms with Gasteiger partial charge in [-0.3, -0.25) is 19.8 Å². The van der Waals surface area contributed by atoms with Crippen LogP contribution < -0.4 is 10.6 Å². The Kier molecular flexibility index (Phi) is 8.59. The van der Waals surface area contributed by atoms with Crippen LogP contribution in [0.1, 0.15) is 75.3 Å². The van der Waals surface area contributed by atoms with Crippen molar-refractivity contribution < 1.29 is 14.0 Å². The maximum atomic E-state index is 13.4. The number of carbonyl (C=O) groups excluding carboxylic acids is 2. The number of aromatic nitrogens is 2. The van der Waals surface area contributed by atoms with Crippen LogP contribution in [0.25, 0.3) is 11.0 Å². The van der Waals surface area contributed by atoms with E-state index in [1.807, 2.05) is 19.9 Å². The highest BCUT2D eigenvalue weighted by Crippen LogP contribution is 2.37. The molecule has 1 fully saturated rings. The van der Waals surface area contributed by atoms with Gasteiger partial charge in [0, 0.05) is 30.1 Å². The number of fused-ring (bicyclic) bond motifs is 1. The standard InChI is InChI=1S/C29H38FN5O2/c1-5-34(6-2)18-20-7-16-25-26(17-20)35(24-14-10-22(11-15-24)27(36)31-19(3)4)29(32-25)33-28(37)21-8-12-23(30)13-9-21/h7-9,12-13,16-17,19,22,24H,5-6,10-11,14-15,18H2,1-4H3,(H,31,36)(H,32,33,37). The number of anilines is 1. The van der Waals surface area contributed by atoms with Gasteiger partial charge >= 0.3 is 0 Å². The molecule has 1 aliphatic rings. The Labute approximate surface area is 218 Å². The highest BCUT2D eigenvalue weighted by atomic mass is 19.1. The van der Waals surface area contributed by atoms with Gasteiger partial charge in [0.2, 0.25) is 11.9 Å². The Morgan fingerprint density at radius 2 is 1.73 bits per heavy atom. The summed E-state index contributed by atoms with van der Waals surface area (Å²) in [4.78, 5) is 32.8. The van der Waals surface area contributed by atoms with E-state index in [-0.39, 0.29) is 35.6 Å². The van der Waals surface area contributed by atoms with Crippen LogP contribution in [-0.4, -0.2) is 45.4 Å². The van der Waals surface area contributed by atoms with Crippen molar-refractivity contribution in [3.8, 4) is 0 Å². The van der Waals surface area contributed by atoms with E-state index in [4.69, 9.17) is 4.98 Å². The number of carbonyl (C=O) groups is 2. The highest BCUT2D eigenvalue weighted by Gasteiger charge is 2.30. The van der Waals surface area contributed by atoms with Crippen LogP contribution in [0.15, 0.2) is 42.5 Å². The Balaban J connectivity index is 1.65. The molecule has 1 saturated carbocycles. The molecule has 2 N–H and O–H groups in total. The molecule has 3 aromatic rings. The first kappa shape index (κ1) is 26.8. The van der Waals surface area contributed by atoms with Gasteiger partial charge in [-0.1, -0.05) is 19.9 Å². The third kappa shape index (κ3) is 6.36. The molecule has 2 amide bonds. The molecule has 0 bridgehead atoms. The quantitative estimate of drug-likeness (QED) is 0.399. The van der Waals surface area contributed by atoms with E-state index in [2.05, 4.69) is 46.1 Å². The lowest BCUT2D eigenvalue weighted by Crippen LogP contribution is -2.37. The van der Waals surface area contributed by atoms with E-state index in [1.54, 1.807) is 0 Å². The van der Waals surface area contributed by atoms with E-state index in [9.17, 15) is 14.0 Å². The van der Waals surface area contributed by atoms with Gasteiger partial charge in [-0.2, -0.15) is 0 Å². The van der Waals surface area contributed by atoms with Gasteiger partial charge in [0.25, 0.3) is 5.91 Å². The second kappa shape index (κ2) is 11.9. The predicted molar refractivity (Wildman–Crippen MR) is 145 cm³/mol. The topological polar surface area (TPSA) is 79.3 Å². The summed E-state index contributed by atoms with van der Waals surface area (Å²) in [6.07, 6.45) is 3.21. The van der Waals surface area contributed by atoms with Crippen molar-refractivity contribution in [1.82, 2.24) is 19.8 Å². The number of rotatable bonds is 9. The zero-order valence-electron chi connectivity index (χ0n) is 22.3. The Morgan fingerprint density at radius 3 is 2.35 bits per heavy atom. The summed E-state index contributed by atoms with van der Waals surface area (Å²) in [5.41, 5.74) is 3.36. The number of halogens is 1. The summed E-state index contributed by atoms with van der Waals surface area (Å²) in [7, 11) is 0. The molecule has 0 spiro atoms. The summed E-state index contributed by atoms with van der Waals surface area (Å²) in [5.74, 6) is -0.105. The molecule has 0 saturated heterocycles. The molecule has 2 aromatic carbocycles. The van der Waals surface area contributed by atoms with Crippen molar-refractivity contribution >= 4 is 28.8 Å². The fourth-order valence-corrected chi connectivity index (χ4v) is 5.17. The molecule has 1 heterocycles. The number of nitrogens with one attached hydrogen (secondary N) is 2. The summed E-state index contributed by atoms with van der Waals surface area (Å²) >= 11 is 0. The van der Waals surface area contributed by atoms with Crippen molar-refractivity contribution in [1.29, 1.82) is 0 Å². The first-order valence-electron chi connectivity index (χ1n) is 13.4. The van der Waals surface area contributed by atoms with Crippen molar-refractivity contribution in [3.05, 3.63) is 59.4 Å². The molecule has 0 radical (unpaired) electrons. The molecule has 37 heavy (non-hydrogen) atoms. The van der Waals surface area contributed by atoms with E-state index >= 15 is 0 Å². The third-order valence-electron chi connectivity index (χ3n) is 7.25. The molecule has 1 aliphatic carbocycles. The third-order valence-corrected chi connectivity index (χ3v) is 7.25. The molecule has 7 nitrogen and oxygen atoms in total. The number of nitrogens with zero attached hydrogens (tertiary/aromatic N) is 3. The number of hydrogen-bond acceptors (Lipinski definition) is 4. The van der Waals surface area contributed by atoms with E-state index < -0.39 is 0 Å². The smallest absolute Gasteiger partial charge is 0.257 e. The van der Waals surface area contributed by atoms with Gasteiger partial charge in [0.05, 0.1) is 11.0 Å². The van der Waals surface area contributed by atoms with Crippen molar-refractivity contribution in [2.45, 2.75) is 72.0 Å². The molecular weight excluding hydrogens is 469 g/mol. The maximum absolute atomic E-state index is 13.4. The lowest BCUT2D eigenvalue weighted by atomic mass is 9.85. The minimum absolute atomic E-state index is 0.00363. The zero-order chi connectivity index (χ0) is 26.5. The van der Waals surface area contributed by atoms with E-state index in [0.717, 1.165) is 56.4 Å². The molecule has 1 aromatic heterocycles. The van der Waals surface area contributed by atoms with Gasteiger partial charge < -0.3 is 9.88 Å². The van der Waals surface area contributed by atoms with Gasteiger partial charge in [-0.15, -0.1) is 0 Å². The molecule has 8 heteroatoms. The van der Waals surface area contributed by atoms with E-state index in [0.29, 0.717) is 11.5 Å². The van der Waals surface area contributed by atoms with Gasteiger partial charge in [-0.25, -0.2) is 9.37 Å². The lowest BCUT2D eigenvalue weighted by molar-refractivity contribution is -0.126. The van der Waals surface area contributed by atoms with Crippen molar-refractivity contribution in [2.24, 2.45) is 5.92 Å². The van der Waals surface area contributed by atoms with E-state index in [1.165, 1.54) is 29.8 Å². The molecule has 198 valence electrons. The summed E-state index contributed by atoms with van der Waals surface area (Å²) in [6.45, 7) is 11.0. The fourth-order valence-electron chi connectivity index (χ4n) is 5.17. The van der Waals surface area contributed by atoms with Crippen LogP contribution in [0.3, 0.4) is 0 Å². The number of benzene rings is 2. The number of hydrogen-bond donors (Lipinski definition) is 2. The van der Waals surface area contributed by atoms with Crippen LogP contribution in [-0.2, 0) is 11.3 Å². The summed E-state index contributed by atoms with van der Waals surface area (Å²) in [6, 6.07) is 12.0. The van der Waals surface area contributed by atoms with Crippen LogP contribution in [0.4, 0.5) is 10.3 Å². The average Bonchev–Trinajstić information content (AvgIpc) is 3.24. The molecule has 0 unspecified atom stereocenters. The van der Waals surface area contributed by atoms with Gasteiger partial charge in [0.1, 0.15) is 5.82 Å². The Hall–Kier alpha value is -3.26. The number of imidazole rings is 1. The lowest BCUT2D eigenvalue weighted by Gasteiger charge is -2.30. The second-order valence-corrected chi connectivity index (χ2v) is 10.2. The maximum Gasteiger partial charge on any atom is 0.257 e. The minimum Gasteiger partial charge on any atom is -0.354 e. The van der Waals surface area contributed by atoms with Crippen molar-refractivity contribution in [3.63, 3.8) is 0 Å². The molecule has 0 atom stereocenters. The van der Waals surface area contributed by atoms with Crippen LogP contribution in [0.5, 0.6) is 0 Å². The highest BCUT2D eigenvalue weighted by molar-refractivity contribution is 6.04. The first-order chi connectivity index (χ1) is 17.8. The van der Waals surface area contributed by atoms with Crippen LogP contribution in [0.2, 0.25) is 0 Å².